The molecule has 1 aromatic carbocycles. The first-order valence-electron chi connectivity index (χ1n) is 6.78. The lowest BCUT2D eigenvalue weighted by atomic mass is 10.1. The maximum atomic E-state index is 11.7. The van der Waals surface area contributed by atoms with Gasteiger partial charge in [0.15, 0.2) is 0 Å². The second-order valence-corrected chi connectivity index (χ2v) is 6.53. The number of carbonyl (C=O) groups is 2. The van der Waals surface area contributed by atoms with Crippen LogP contribution in [0.2, 0.25) is 0 Å². The molecule has 7 heteroatoms. The Hall–Kier alpha value is -1.24. The van der Waals surface area contributed by atoms with Crippen LogP contribution in [0.15, 0.2) is 24.3 Å². The van der Waals surface area contributed by atoms with Gasteiger partial charge in [-0.2, -0.15) is 0 Å². The van der Waals surface area contributed by atoms with Crippen molar-refractivity contribution in [3.63, 3.8) is 0 Å². The van der Waals surface area contributed by atoms with Gasteiger partial charge < -0.3 is 16.4 Å². The first-order chi connectivity index (χ1) is 9.82. The van der Waals surface area contributed by atoms with Gasteiger partial charge >= 0.3 is 0 Å². The van der Waals surface area contributed by atoms with Crippen LogP contribution in [0.25, 0.3) is 0 Å². The fourth-order valence-electron chi connectivity index (χ4n) is 1.53. The molecule has 22 heavy (non-hydrogen) atoms. The van der Waals surface area contributed by atoms with Crippen molar-refractivity contribution in [1.82, 2.24) is 5.32 Å². The maximum absolute atomic E-state index is 11.7. The minimum absolute atomic E-state index is 0. The lowest BCUT2D eigenvalue weighted by molar-refractivity contribution is -0.120. The van der Waals surface area contributed by atoms with E-state index < -0.39 is 5.54 Å². The SMILES string of the molecule is Cc1ccc(NC(=O)CSCC(=O)NC(C)(C)CN)cc1.Cl. The Bertz CT molecular complexity index is 492. The van der Waals surface area contributed by atoms with Crippen LogP contribution in [-0.2, 0) is 9.59 Å². The molecule has 0 saturated heterocycles. The molecule has 1 aromatic rings. The highest BCUT2D eigenvalue weighted by molar-refractivity contribution is 8.00. The van der Waals surface area contributed by atoms with Gasteiger partial charge in [-0.25, -0.2) is 0 Å². The van der Waals surface area contributed by atoms with Gasteiger partial charge in [-0.15, -0.1) is 24.2 Å². The van der Waals surface area contributed by atoms with Gasteiger partial charge in [0.25, 0.3) is 0 Å². The summed E-state index contributed by atoms with van der Waals surface area (Å²) in [5.41, 5.74) is 7.03. The van der Waals surface area contributed by atoms with Gasteiger partial charge in [0.1, 0.15) is 0 Å². The number of nitrogens with one attached hydrogen (secondary N) is 2. The Kier molecular flexibility index (Phi) is 9.16. The predicted octanol–water partition coefficient (Wildman–Crippen LogP) is 1.94. The smallest absolute Gasteiger partial charge is 0.234 e. The Morgan fingerprint density at radius 1 is 1.14 bits per heavy atom. The predicted molar refractivity (Wildman–Crippen MR) is 95.7 cm³/mol. The normalized spacial score (nSPS) is 10.5. The molecule has 0 unspecified atom stereocenters. The van der Waals surface area contributed by atoms with Gasteiger partial charge in [0.05, 0.1) is 11.5 Å². The standard InChI is InChI=1S/C15H23N3O2S.ClH/c1-11-4-6-12(7-5-11)17-13(19)8-21-9-14(20)18-15(2,3)10-16;/h4-7H,8-10,16H2,1-3H3,(H,17,19)(H,18,20);1H. The van der Waals surface area contributed by atoms with E-state index in [1.165, 1.54) is 11.8 Å². The monoisotopic (exact) mass is 345 g/mol. The molecule has 0 radical (unpaired) electrons. The Morgan fingerprint density at radius 3 is 2.23 bits per heavy atom. The third-order valence-electron chi connectivity index (χ3n) is 2.79. The molecule has 1 rings (SSSR count). The fraction of sp³-hybridized carbons (Fsp3) is 0.467. The number of carbonyl (C=O) groups excluding carboxylic acids is 2. The minimum atomic E-state index is -0.415. The van der Waals surface area contributed by atoms with Gasteiger partial charge in [0.2, 0.25) is 11.8 Å². The molecule has 0 saturated carbocycles. The molecule has 5 nitrogen and oxygen atoms in total. The highest BCUT2D eigenvalue weighted by atomic mass is 35.5. The van der Waals surface area contributed by atoms with Crippen molar-refractivity contribution in [3.8, 4) is 0 Å². The van der Waals surface area contributed by atoms with Crippen LogP contribution in [0.4, 0.5) is 5.69 Å². The number of nitrogens with two attached hydrogens (primary N) is 1. The number of rotatable bonds is 7. The van der Waals surface area contributed by atoms with Gasteiger partial charge in [0, 0.05) is 17.8 Å². The number of anilines is 1. The van der Waals surface area contributed by atoms with E-state index in [2.05, 4.69) is 10.6 Å². The van der Waals surface area contributed by atoms with Gasteiger partial charge in [-0.3, -0.25) is 9.59 Å². The van der Waals surface area contributed by atoms with Crippen molar-refractivity contribution in [2.24, 2.45) is 5.73 Å². The number of aryl methyl sites for hydroxylation is 1. The summed E-state index contributed by atoms with van der Waals surface area (Å²) in [6.45, 7) is 6.08. The van der Waals surface area contributed by atoms with E-state index in [0.29, 0.717) is 6.54 Å². The van der Waals surface area contributed by atoms with E-state index in [0.717, 1.165) is 11.3 Å². The highest BCUT2D eigenvalue weighted by Crippen LogP contribution is 2.10. The van der Waals surface area contributed by atoms with Crippen LogP contribution >= 0.6 is 24.2 Å². The molecule has 4 N–H and O–H groups in total. The van der Waals surface area contributed by atoms with Crippen LogP contribution in [0.5, 0.6) is 0 Å². The zero-order valence-corrected chi connectivity index (χ0v) is 14.8. The summed E-state index contributed by atoms with van der Waals surface area (Å²) in [6, 6.07) is 7.58. The summed E-state index contributed by atoms with van der Waals surface area (Å²) in [7, 11) is 0. The number of amides is 2. The van der Waals surface area contributed by atoms with E-state index in [-0.39, 0.29) is 35.7 Å². The molecule has 0 atom stereocenters. The first kappa shape index (κ1) is 20.8. The summed E-state index contributed by atoms with van der Waals surface area (Å²) in [6.07, 6.45) is 0. The number of hydrogen-bond acceptors (Lipinski definition) is 4. The topological polar surface area (TPSA) is 84.2 Å². The van der Waals surface area contributed by atoms with Crippen molar-refractivity contribution in [2.45, 2.75) is 26.3 Å². The quantitative estimate of drug-likeness (QED) is 0.705. The molecule has 0 bridgehead atoms. The molecular formula is C15H24ClN3O2S. The Morgan fingerprint density at radius 2 is 1.68 bits per heavy atom. The third kappa shape index (κ3) is 8.26. The van der Waals surface area contributed by atoms with Crippen molar-refractivity contribution < 1.29 is 9.59 Å². The molecule has 0 spiro atoms. The van der Waals surface area contributed by atoms with Crippen molar-refractivity contribution in [2.75, 3.05) is 23.4 Å². The second kappa shape index (κ2) is 9.71. The Balaban J connectivity index is 0.00000441. The summed E-state index contributed by atoms with van der Waals surface area (Å²) in [5.74, 6) is 0.253. The van der Waals surface area contributed by atoms with Crippen molar-refractivity contribution in [1.29, 1.82) is 0 Å². The van der Waals surface area contributed by atoms with E-state index in [1.54, 1.807) is 0 Å². The lowest BCUT2D eigenvalue weighted by Gasteiger charge is -2.23. The summed E-state index contributed by atoms with van der Waals surface area (Å²) in [4.78, 5) is 23.4. The molecule has 0 aromatic heterocycles. The van der Waals surface area contributed by atoms with Crippen LogP contribution in [0, 0.1) is 6.92 Å². The lowest BCUT2D eigenvalue weighted by Crippen LogP contribution is -2.49. The molecule has 0 fully saturated rings. The molecule has 0 heterocycles. The average Bonchev–Trinajstić information content (AvgIpc) is 2.41. The summed E-state index contributed by atoms with van der Waals surface area (Å²) < 4.78 is 0. The van der Waals surface area contributed by atoms with E-state index in [1.807, 2.05) is 45.0 Å². The molecule has 2 amide bonds. The molecule has 0 aliphatic rings. The van der Waals surface area contributed by atoms with Crippen LogP contribution in [-0.4, -0.2) is 35.4 Å². The molecular weight excluding hydrogens is 322 g/mol. The number of benzene rings is 1. The van der Waals surface area contributed by atoms with Gasteiger partial charge in [-0.1, -0.05) is 17.7 Å². The molecule has 0 aliphatic carbocycles. The zero-order valence-electron chi connectivity index (χ0n) is 13.1. The third-order valence-corrected chi connectivity index (χ3v) is 3.72. The average molecular weight is 346 g/mol. The second-order valence-electron chi connectivity index (χ2n) is 5.54. The van der Waals surface area contributed by atoms with Crippen molar-refractivity contribution >= 4 is 41.7 Å². The van der Waals surface area contributed by atoms with E-state index in [4.69, 9.17) is 5.73 Å². The van der Waals surface area contributed by atoms with Crippen LogP contribution in [0.1, 0.15) is 19.4 Å². The summed E-state index contributed by atoms with van der Waals surface area (Å²) >= 11 is 1.28. The largest absolute Gasteiger partial charge is 0.349 e. The first-order valence-corrected chi connectivity index (χ1v) is 7.93. The van der Waals surface area contributed by atoms with Crippen LogP contribution in [0.3, 0.4) is 0 Å². The summed E-state index contributed by atoms with van der Waals surface area (Å²) in [5, 5.41) is 5.61. The molecule has 124 valence electrons. The fourth-order valence-corrected chi connectivity index (χ4v) is 2.15. The van der Waals surface area contributed by atoms with E-state index >= 15 is 0 Å². The number of hydrogen-bond donors (Lipinski definition) is 3. The molecule has 0 aliphatic heterocycles. The maximum Gasteiger partial charge on any atom is 0.234 e. The Labute approximate surface area is 142 Å². The van der Waals surface area contributed by atoms with Crippen LogP contribution < -0.4 is 16.4 Å². The minimum Gasteiger partial charge on any atom is -0.349 e. The van der Waals surface area contributed by atoms with Gasteiger partial charge in [-0.05, 0) is 32.9 Å². The number of halogens is 1. The van der Waals surface area contributed by atoms with Crippen molar-refractivity contribution in [3.05, 3.63) is 29.8 Å². The zero-order chi connectivity index (χ0) is 15.9. The highest BCUT2D eigenvalue weighted by Gasteiger charge is 2.18. The number of thioether (sulfide) groups is 1. The van der Waals surface area contributed by atoms with E-state index in [9.17, 15) is 9.59 Å².